The van der Waals surface area contributed by atoms with Gasteiger partial charge in [0.05, 0.1) is 12.1 Å². The van der Waals surface area contributed by atoms with Gasteiger partial charge in [-0.05, 0) is 68.8 Å². The van der Waals surface area contributed by atoms with Gasteiger partial charge in [-0.25, -0.2) is 0 Å². The lowest BCUT2D eigenvalue weighted by atomic mass is 9.97. The van der Waals surface area contributed by atoms with Crippen LogP contribution >= 0.6 is 0 Å². The number of nitrogens with zero attached hydrogens (tertiary/aromatic N) is 2. The van der Waals surface area contributed by atoms with E-state index in [-0.39, 0.29) is 5.48 Å². The van der Waals surface area contributed by atoms with Crippen LogP contribution in [0.2, 0.25) is 0 Å². The van der Waals surface area contributed by atoms with Crippen LogP contribution in [-0.4, -0.2) is 41.6 Å². The SMILES string of the molecule is O.c1ccc2c(OCC3CCN(CC4CC4)CC3)ccnc2c1. The van der Waals surface area contributed by atoms with E-state index in [1.54, 1.807) is 0 Å². The molecule has 2 N–H and O–H groups in total. The van der Waals surface area contributed by atoms with E-state index in [1.165, 1.54) is 45.3 Å². The third kappa shape index (κ3) is 4.01. The molecule has 4 heteroatoms. The molecule has 23 heavy (non-hydrogen) atoms. The molecule has 2 fully saturated rings. The van der Waals surface area contributed by atoms with Gasteiger partial charge in [0.2, 0.25) is 0 Å². The molecule has 0 radical (unpaired) electrons. The Morgan fingerprint density at radius 3 is 2.57 bits per heavy atom. The van der Waals surface area contributed by atoms with Gasteiger partial charge in [-0.1, -0.05) is 12.1 Å². The number of aromatic nitrogens is 1. The summed E-state index contributed by atoms with van der Waals surface area (Å²) in [6.07, 6.45) is 7.30. The Morgan fingerprint density at radius 2 is 1.78 bits per heavy atom. The fraction of sp³-hybridized carbons (Fsp3) is 0.526. The molecular formula is C19H26N2O2. The minimum atomic E-state index is 0. The Kier molecular flexibility index (Phi) is 5.13. The third-order valence-corrected chi connectivity index (χ3v) is 5.00. The fourth-order valence-electron chi connectivity index (χ4n) is 3.40. The number of hydrogen-bond acceptors (Lipinski definition) is 3. The van der Waals surface area contributed by atoms with Gasteiger partial charge in [0.25, 0.3) is 0 Å². The monoisotopic (exact) mass is 314 g/mol. The maximum absolute atomic E-state index is 6.13. The molecule has 1 saturated carbocycles. The first-order valence-corrected chi connectivity index (χ1v) is 8.57. The number of fused-ring (bicyclic) bond motifs is 1. The van der Waals surface area contributed by atoms with Crippen molar-refractivity contribution >= 4 is 10.9 Å². The van der Waals surface area contributed by atoms with E-state index < -0.39 is 0 Å². The van der Waals surface area contributed by atoms with Crippen LogP contribution in [0, 0.1) is 11.8 Å². The highest BCUT2D eigenvalue weighted by Gasteiger charge is 2.27. The standard InChI is InChI=1S/C19H24N2O.H2O/c1-2-4-18-17(3-1)19(7-10-20-18)22-14-16-8-11-21(12-9-16)13-15-5-6-15;/h1-4,7,10,15-16H,5-6,8-9,11-14H2;1H2. The van der Waals surface area contributed by atoms with Crippen LogP contribution in [0.25, 0.3) is 10.9 Å². The Hall–Kier alpha value is -1.65. The largest absolute Gasteiger partial charge is 0.493 e. The van der Waals surface area contributed by atoms with E-state index in [4.69, 9.17) is 4.74 Å². The minimum absolute atomic E-state index is 0. The van der Waals surface area contributed by atoms with Crippen LogP contribution < -0.4 is 4.74 Å². The summed E-state index contributed by atoms with van der Waals surface area (Å²) >= 11 is 0. The summed E-state index contributed by atoms with van der Waals surface area (Å²) in [4.78, 5) is 7.04. The van der Waals surface area contributed by atoms with Gasteiger partial charge >= 0.3 is 0 Å². The zero-order valence-electron chi connectivity index (χ0n) is 13.6. The molecule has 2 aromatic rings. The Balaban J connectivity index is 0.00000156. The van der Waals surface area contributed by atoms with Crippen molar-refractivity contribution in [3.63, 3.8) is 0 Å². The molecule has 0 atom stereocenters. The number of para-hydroxylation sites is 1. The zero-order chi connectivity index (χ0) is 14.8. The van der Waals surface area contributed by atoms with Gasteiger partial charge in [0.1, 0.15) is 5.75 Å². The van der Waals surface area contributed by atoms with E-state index in [2.05, 4.69) is 16.0 Å². The first kappa shape index (κ1) is 16.2. The summed E-state index contributed by atoms with van der Waals surface area (Å²) in [6.45, 7) is 4.68. The van der Waals surface area contributed by atoms with Crippen molar-refractivity contribution in [2.75, 3.05) is 26.2 Å². The van der Waals surface area contributed by atoms with Crippen molar-refractivity contribution in [3.8, 4) is 5.75 Å². The lowest BCUT2D eigenvalue weighted by molar-refractivity contribution is 0.138. The fourth-order valence-corrected chi connectivity index (χ4v) is 3.40. The molecule has 1 aliphatic heterocycles. The predicted molar refractivity (Wildman–Crippen MR) is 92.7 cm³/mol. The second kappa shape index (κ2) is 7.28. The molecule has 1 aromatic heterocycles. The molecule has 0 amide bonds. The first-order valence-electron chi connectivity index (χ1n) is 8.57. The second-order valence-corrected chi connectivity index (χ2v) is 6.82. The number of pyridine rings is 1. The quantitative estimate of drug-likeness (QED) is 0.852. The Morgan fingerprint density at radius 1 is 1.00 bits per heavy atom. The predicted octanol–water partition coefficient (Wildman–Crippen LogP) is 2.91. The highest BCUT2D eigenvalue weighted by atomic mass is 16.5. The van der Waals surface area contributed by atoms with Crippen LogP contribution in [0.3, 0.4) is 0 Å². The van der Waals surface area contributed by atoms with E-state index in [0.29, 0.717) is 5.92 Å². The molecule has 4 nitrogen and oxygen atoms in total. The molecule has 0 spiro atoms. The number of benzene rings is 1. The van der Waals surface area contributed by atoms with Crippen LogP contribution in [-0.2, 0) is 0 Å². The summed E-state index contributed by atoms with van der Waals surface area (Å²) in [5.41, 5.74) is 1.01. The van der Waals surface area contributed by atoms with Crippen molar-refractivity contribution in [1.82, 2.24) is 9.88 Å². The zero-order valence-corrected chi connectivity index (χ0v) is 13.6. The second-order valence-electron chi connectivity index (χ2n) is 6.82. The molecule has 124 valence electrons. The molecule has 1 aromatic carbocycles. The average molecular weight is 314 g/mol. The van der Waals surface area contributed by atoms with E-state index in [1.807, 2.05) is 30.5 Å². The van der Waals surface area contributed by atoms with Gasteiger partial charge < -0.3 is 15.1 Å². The van der Waals surface area contributed by atoms with Crippen LogP contribution in [0.1, 0.15) is 25.7 Å². The van der Waals surface area contributed by atoms with Gasteiger partial charge in [-0.2, -0.15) is 0 Å². The Bertz CT molecular complexity index is 629. The minimum Gasteiger partial charge on any atom is -0.493 e. The summed E-state index contributed by atoms with van der Waals surface area (Å²) in [5.74, 6) is 2.68. The van der Waals surface area contributed by atoms with Crippen LogP contribution in [0.5, 0.6) is 5.75 Å². The smallest absolute Gasteiger partial charge is 0.130 e. The lowest BCUT2D eigenvalue weighted by Crippen LogP contribution is -2.36. The van der Waals surface area contributed by atoms with E-state index >= 15 is 0 Å². The summed E-state index contributed by atoms with van der Waals surface area (Å²) in [7, 11) is 0. The lowest BCUT2D eigenvalue weighted by Gasteiger charge is -2.31. The third-order valence-electron chi connectivity index (χ3n) is 5.00. The van der Waals surface area contributed by atoms with Gasteiger partial charge in [-0.3, -0.25) is 4.98 Å². The van der Waals surface area contributed by atoms with Crippen molar-refractivity contribution in [1.29, 1.82) is 0 Å². The van der Waals surface area contributed by atoms with Crippen molar-refractivity contribution in [2.45, 2.75) is 25.7 Å². The van der Waals surface area contributed by atoms with Crippen LogP contribution in [0.15, 0.2) is 36.5 Å². The first-order chi connectivity index (χ1) is 10.9. The summed E-state index contributed by atoms with van der Waals surface area (Å²) in [6, 6.07) is 10.2. The van der Waals surface area contributed by atoms with Gasteiger partial charge in [0.15, 0.2) is 0 Å². The molecule has 0 unspecified atom stereocenters. The molecule has 1 aliphatic carbocycles. The maximum Gasteiger partial charge on any atom is 0.130 e. The van der Waals surface area contributed by atoms with Crippen molar-refractivity contribution in [3.05, 3.63) is 36.5 Å². The number of hydrogen-bond donors (Lipinski definition) is 0. The highest BCUT2D eigenvalue weighted by Crippen LogP contribution is 2.31. The molecular weight excluding hydrogens is 288 g/mol. The topological polar surface area (TPSA) is 56.9 Å². The number of rotatable bonds is 5. The molecule has 2 aliphatic rings. The molecule has 1 saturated heterocycles. The summed E-state index contributed by atoms with van der Waals surface area (Å²) < 4.78 is 6.13. The maximum atomic E-state index is 6.13. The average Bonchev–Trinajstić information content (AvgIpc) is 3.38. The number of ether oxygens (including phenoxy) is 1. The number of piperidine rings is 1. The van der Waals surface area contributed by atoms with Gasteiger partial charge in [-0.15, -0.1) is 0 Å². The van der Waals surface area contributed by atoms with E-state index in [0.717, 1.165) is 29.2 Å². The van der Waals surface area contributed by atoms with Crippen molar-refractivity contribution < 1.29 is 10.2 Å². The summed E-state index contributed by atoms with van der Waals surface area (Å²) in [5, 5.41) is 1.12. The van der Waals surface area contributed by atoms with Crippen molar-refractivity contribution in [2.24, 2.45) is 11.8 Å². The molecule has 4 rings (SSSR count). The van der Waals surface area contributed by atoms with Gasteiger partial charge in [0, 0.05) is 18.1 Å². The van der Waals surface area contributed by atoms with Crippen LogP contribution in [0.4, 0.5) is 0 Å². The molecule has 2 heterocycles. The number of likely N-dealkylation sites (tertiary alicyclic amines) is 1. The normalized spacial score (nSPS) is 19.5. The molecule has 0 bridgehead atoms. The van der Waals surface area contributed by atoms with E-state index in [9.17, 15) is 0 Å². The highest BCUT2D eigenvalue weighted by molar-refractivity contribution is 5.84. The Labute approximate surface area is 137 Å².